The van der Waals surface area contributed by atoms with Crippen LogP contribution in [0.3, 0.4) is 0 Å². The predicted molar refractivity (Wildman–Crippen MR) is 157 cm³/mol. The predicted octanol–water partition coefficient (Wildman–Crippen LogP) is 5.45. The van der Waals surface area contributed by atoms with Gasteiger partial charge in [0.2, 0.25) is 5.91 Å². The third-order valence-electron chi connectivity index (χ3n) is 6.84. The minimum Gasteiger partial charge on any atom is -0.493 e. The Morgan fingerprint density at radius 3 is 2.46 bits per heavy atom. The number of piperazine rings is 1. The highest BCUT2D eigenvalue weighted by Crippen LogP contribution is 2.35. The number of para-hydroxylation sites is 1. The van der Waals surface area contributed by atoms with E-state index in [1.165, 1.54) is 19.2 Å². The Bertz CT molecular complexity index is 1470. The quantitative estimate of drug-likeness (QED) is 0.320. The van der Waals surface area contributed by atoms with Gasteiger partial charge in [-0.3, -0.25) is 19.3 Å². The van der Waals surface area contributed by atoms with Crippen molar-refractivity contribution < 1.29 is 28.2 Å². The molecule has 41 heavy (non-hydrogen) atoms. The van der Waals surface area contributed by atoms with Crippen molar-refractivity contribution in [1.29, 1.82) is 0 Å². The molecule has 3 aromatic rings. The fraction of sp³-hybridized carbons (Fsp3) is 0.233. The van der Waals surface area contributed by atoms with Gasteiger partial charge < -0.3 is 19.3 Å². The van der Waals surface area contributed by atoms with E-state index in [0.717, 1.165) is 22.3 Å². The minimum absolute atomic E-state index is 0.135. The lowest BCUT2D eigenvalue weighted by molar-refractivity contribution is -0.136. The number of benzene rings is 3. The fourth-order valence-corrected chi connectivity index (χ4v) is 5.65. The molecule has 3 amide bonds. The zero-order valence-corrected chi connectivity index (χ0v) is 23.8. The second kappa shape index (κ2) is 12.7. The smallest absolute Gasteiger partial charge is 0.294 e. The van der Waals surface area contributed by atoms with E-state index in [4.69, 9.17) is 21.1 Å². The maximum absolute atomic E-state index is 14.2. The summed E-state index contributed by atoms with van der Waals surface area (Å²) in [6, 6.07) is 19.3. The van der Waals surface area contributed by atoms with Gasteiger partial charge in [-0.1, -0.05) is 41.9 Å². The van der Waals surface area contributed by atoms with Crippen LogP contribution in [-0.2, 0) is 16.2 Å². The molecule has 0 aliphatic carbocycles. The molecule has 11 heteroatoms. The van der Waals surface area contributed by atoms with Gasteiger partial charge in [0, 0.05) is 37.4 Å². The zero-order chi connectivity index (χ0) is 28.9. The molecule has 0 atom stereocenters. The Morgan fingerprint density at radius 2 is 1.76 bits per heavy atom. The Balaban J connectivity index is 1.23. The van der Waals surface area contributed by atoms with Gasteiger partial charge in [0.1, 0.15) is 19.0 Å². The number of amides is 3. The van der Waals surface area contributed by atoms with Gasteiger partial charge in [0.05, 0.1) is 17.0 Å². The minimum atomic E-state index is -0.535. The molecule has 2 heterocycles. The van der Waals surface area contributed by atoms with Crippen LogP contribution in [0.2, 0.25) is 5.02 Å². The number of ether oxygens (including phenoxy) is 2. The summed E-state index contributed by atoms with van der Waals surface area (Å²) in [5.74, 6) is -0.583. The molecule has 2 aliphatic rings. The molecule has 0 bridgehead atoms. The number of halogens is 2. The molecule has 5 rings (SSSR count). The van der Waals surface area contributed by atoms with E-state index in [1.807, 2.05) is 30.3 Å². The molecule has 0 spiro atoms. The molecule has 212 valence electrons. The summed E-state index contributed by atoms with van der Waals surface area (Å²) in [4.78, 5) is 43.8. The summed E-state index contributed by atoms with van der Waals surface area (Å²) in [5, 5.41) is -0.266. The van der Waals surface area contributed by atoms with Crippen molar-refractivity contribution in [3.63, 3.8) is 0 Å². The number of imide groups is 1. The lowest BCUT2D eigenvalue weighted by Crippen LogP contribution is -2.51. The SMILES string of the molecule is COc1ccc(/C=C2/SC(=O)N(CC(=O)N3CCN(c4ccccc4)CC3)C2=O)cc1OCc1c(F)cccc1Cl. The highest BCUT2D eigenvalue weighted by atomic mass is 35.5. The first-order valence-electron chi connectivity index (χ1n) is 12.9. The number of carbonyl (C=O) groups is 3. The lowest BCUT2D eigenvalue weighted by Gasteiger charge is -2.36. The van der Waals surface area contributed by atoms with E-state index >= 15 is 0 Å². The van der Waals surface area contributed by atoms with Crippen molar-refractivity contribution in [2.75, 3.05) is 44.7 Å². The normalized spacial score (nSPS) is 16.5. The van der Waals surface area contributed by atoms with Gasteiger partial charge in [0.25, 0.3) is 11.1 Å². The van der Waals surface area contributed by atoms with Gasteiger partial charge in [0.15, 0.2) is 11.5 Å². The van der Waals surface area contributed by atoms with E-state index < -0.39 is 17.0 Å². The number of carbonyl (C=O) groups excluding carboxylic acids is 3. The molecule has 2 aliphatic heterocycles. The Hall–Kier alpha value is -4.02. The second-order valence-corrected chi connectivity index (χ2v) is 10.8. The Kier molecular flexibility index (Phi) is 8.80. The van der Waals surface area contributed by atoms with Crippen molar-refractivity contribution >= 4 is 52.2 Å². The molecule has 0 unspecified atom stereocenters. The number of hydrogen-bond acceptors (Lipinski definition) is 7. The molecular formula is C30H27ClFN3O5S. The highest BCUT2D eigenvalue weighted by Gasteiger charge is 2.37. The highest BCUT2D eigenvalue weighted by molar-refractivity contribution is 8.18. The largest absolute Gasteiger partial charge is 0.493 e. The number of anilines is 1. The van der Waals surface area contributed by atoms with E-state index in [2.05, 4.69) is 4.90 Å². The monoisotopic (exact) mass is 595 g/mol. The van der Waals surface area contributed by atoms with Crippen LogP contribution in [0.4, 0.5) is 14.9 Å². The van der Waals surface area contributed by atoms with E-state index in [9.17, 15) is 18.8 Å². The number of hydrogen-bond donors (Lipinski definition) is 0. The molecule has 3 aromatic carbocycles. The lowest BCUT2D eigenvalue weighted by atomic mass is 10.1. The van der Waals surface area contributed by atoms with Crippen LogP contribution < -0.4 is 14.4 Å². The van der Waals surface area contributed by atoms with Crippen molar-refractivity contribution in [1.82, 2.24) is 9.80 Å². The van der Waals surface area contributed by atoms with Crippen LogP contribution in [0.25, 0.3) is 6.08 Å². The van der Waals surface area contributed by atoms with Gasteiger partial charge in [-0.2, -0.15) is 0 Å². The zero-order valence-electron chi connectivity index (χ0n) is 22.2. The molecule has 0 N–H and O–H groups in total. The third kappa shape index (κ3) is 6.49. The summed E-state index contributed by atoms with van der Waals surface area (Å²) in [6.07, 6.45) is 1.55. The molecule has 0 saturated carbocycles. The van der Waals surface area contributed by atoms with Crippen LogP contribution >= 0.6 is 23.4 Å². The number of methoxy groups -OCH3 is 1. The summed E-state index contributed by atoms with van der Waals surface area (Å²) in [5.41, 5.74) is 1.86. The summed E-state index contributed by atoms with van der Waals surface area (Å²) in [6.45, 7) is 1.90. The average Bonchev–Trinajstić information content (AvgIpc) is 3.24. The summed E-state index contributed by atoms with van der Waals surface area (Å²) in [7, 11) is 1.47. The first kappa shape index (κ1) is 28.5. The third-order valence-corrected chi connectivity index (χ3v) is 8.10. The van der Waals surface area contributed by atoms with Crippen LogP contribution in [-0.4, -0.2) is 66.7 Å². The van der Waals surface area contributed by atoms with Crippen molar-refractivity contribution in [2.45, 2.75) is 6.61 Å². The first-order valence-corrected chi connectivity index (χ1v) is 14.1. The summed E-state index contributed by atoms with van der Waals surface area (Å²) < 4.78 is 25.3. The topological polar surface area (TPSA) is 79.4 Å². The molecule has 0 radical (unpaired) electrons. The maximum Gasteiger partial charge on any atom is 0.294 e. The van der Waals surface area contributed by atoms with Crippen LogP contribution in [0.5, 0.6) is 11.5 Å². The van der Waals surface area contributed by atoms with E-state index in [1.54, 1.807) is 35.2 Å². The first-order chi connectivity index (χ1) is 19.8. The molecule has 2 fully saturated rings. The Morgan fingerprint density at radius 1 is 1.00 bits per heavy atom. The number of rotatable bonds is 8. The van der Waals surface area contributed by atoms with Crippen LogP contribution in [0, 0.1) is 5.82 Å². The fourth-order valence-electron chi connectivity index (χ4n) is 4.59. The van der Waals surface area contributed by atoms with Crippen LogP contribution in [0.15, 0.2) is 71.6 Å². The standard InChI is InChI=1S/C30H27ClFN3O5S/c1-39-25-11-10-20(16-26(25)40-19-22-23(31)8-5-9-24(22)32)17-27-29(37)35(30(38)41-27)18-28(36)34-14-12-33(13-15-34)21-6-3-2-4-7-21/h2-11,16-17H,12-15,18-19H2,1H3/b27-17+. The molecular weight excluding hydrogens is 569 g/mol. The van der Waals surface area contributed by atoms with E-state index in [0.29, 0.717) is 43.2 Å². The average molecular weight is 596 g/mol. The molecule has 0 aromatic heterocycles. The second-order valence-electron chi connectivity index (χ2n) is 9.37. The van der Waals surface area contributed by atoms with Gasteiger partial charge in [-0.15, -0.1) is 0 Å². The Labute approximate surface area is 246 Å². The number of thioether (sulfide) groups is 1. The van der Waals surface area contributed by atoms with Crippen molar-refractivity contribution in [2.24, 2.45) is 0 Å². The number of nitrogens with zero attached hydrogens (tertiary/aromatic N) is 3. The van der Waals surface area contributed by atoms with Crippen molar-refractivity contribution in [3.05, 3.63) is 93.6 Å². The molecule has 8 nitrogen and oxygen atoms in total. The van der Waals surface area contributed by atoms with Crippen molar-refractivity contribution in [3.8, 4) is 11.5 Å². The van der Waals surface area contributed by atoms with E-state index in [-0.39, 0.29) is 34.6 Å². The van der Waals surface area contributed by atoms with Crippen LogP contribution in [0.1, 0.15) is 11.1 Å². The molecule has 2 saturated heterocycles. The van der Waals surface area contributed by atoms with Gasteiger partial charge in [-0.25, -0.2) is 4.39 Å². The summed E-state index contributed by atoms with van der Waals surface area (Å²) >= 11 is 6.88. The van der Waals surface area contributed by atoms with Gasteiger partial charge in [-0.05, 0) is 59.8 Å². The van der Waals surface area contributed by atoms with Gasteiger partial charge >= 0.3 is 0 Å². The maximum atomic E-state index is 14.2.